The number of amides is 1. The number of nitrogens with zero attached hydrogens (tertiary/aromatic N) is 3. The van der Waals surface area contributed by atoms with Gasteiger partial charge in [0.1, 0.15) is 17.4 Å². The molecule has 34 heavy (non-hydrogen) atoms. The highest BCUT2D eigenvalue weighted by Crippen LogP contribution is 2.34. The van der Waals surface area contributed by atoms with Crippen molar-refractivity contribution in [1.29, 1.82) is 5.26 Å². The second-order valence-electron chi connectivity index (χ2n) is 7.01. The fraction of sp³-hybridized carbons (Fsp3) is 0.0833. The summed E-state index contributed by atoms with van der Waals surface area (Å²) in [6, 6.07) is 18.3. The van der Waals surface area contributed by atoms with Gasteiger partial charge >= 0.3 is 5.69 Å². The zero-order valence-electron chi connectivity index (χ0n) is 17.9. The van der Waals surface area contributed by atoms with Crippen LogP contribution in [0.2, 0.25) is 0 Å². The van der Waals surface area contributed by atoms with E-state index < -0.39 is 27.1 Å². The predicted molar refractivity (Wildman–Crippen MR) is 124 cm³/mol. The van der Waals surface area contributed by atoms with Gasteiger partial charge in [0.05, 0.1) is 15.9 Å². The molecule has 0 unspecified atom stereocenters. The number of carbonyl (C=O) groups excluding carboxylic acids is 1. The Morgan fingerprint density at radius 3 is 2.26 bits per heavy atom. The third kappa shape index (κ3) is 5.80. The molecule has 0 heterocycles. The summed E-state index contributed by atoms with van der Waals surface area (Å²) in [7, 11) is 0. The average molecular weight is 458 g/mol. The van der Waals surface area contributed by atoms with E-state index in [2.05, 4.69) is 5.32 Å². The van der Waals surface area contributed by atoms with Crippen molar-refractivity contribution in [3.05, 3.63) is 104 Å². The van der Waals surface area contributed by atoms with Gasteiger partial charge in [-0.2, -0.15) is 5.26 Å². The number of carbonyl (C=O) groups is 1. The van der Waals surface area contributed by atoms with Crippen molar-refractivity contribution < 1.29 is 19.4 Å². The van der Waals surface area contributed by atoms with Crippen molar-refractivity contribution in [1.82, 2.24) is 0 Å². The molecule has 0 saturated carbocycles. The molecule has 0 bridgehead atoms. The van der Waals surface area contributed by atoms with Crippen molar-refractivity contribution in [3.63, 3.8) is 0 Å². The lowest BCUT2D eigenvalue weighted by Crippen LogP contribution is -2.13. The summed E-state index contributed by atoms with van der Waals surface area (Å²) in [6.45, 7) is 2.02. The summed E-state index contributed by atoms with van der Waals surface area (Å²) < 4.78 is 5.51. The quantitative estimate of drug-likeness (QED) is 0.205. The third-order valence-electron chi connectivity index (χ3n) is 4.75. The van der Waals surface area contributed by atoms with Crippen LogP contribution in [0.15, 0.2) is 72.3 Å². The Labute approximate surface area is 194 Å². The molecule has 0 aliphatic rings. The molecule has 0 spiro atoms. The van der Waals surface area contributed by atoms with E-state index in [0.29, 0.717) is 11.3 Å². The van der Waals surface area contributed by atoms with E-state index in [1.54, 1.807) is 24.3 Å². The number of nitro benzene ring substituents is 2. The smallest absolute Gasteiger partial charge is 0.318 e. The Morgan fingerprint density at radius 2 is 1.71 bits per heavy atom. The highest BCUT2D eigenvalue weighted by atomic mass is 16.6. The van der Waals surface area contributed by atoms with Crippen molar-refractivity contribution >= 4 is 29.0 Å². The Balaban J connectivity index is 1.75. The van der Waals surface area contributed by atoms with Crippen molar-refractivity contribution in [2.75, 3.05) is 5.32 Å². The van der Waals surface area contributed by atoms with Gasteiger partial charge in [-0.3, -0.25) is 25.0 Å². The maximum Gasteiger partial charge on any atom is 0.318 e. The molecule has 0 atom stereocenters. The van der Waals surface area contributed by atoms with Crippen molar-refractivity contribution in [2.24, 2.45) is 0 Å². The van der Waals surface area contributed by atoms with Crippen molar-refractivity contribution in [2.45, 2.75) is 13.3 Å². The largest absolute Gasteiger partial charge is 0.450 e. The molecule has 0 aromatic heterocycles. The highest BCUT2D eigenvalue weighted by molar-refractivity contribution is 6.09. The van der Waals surface area contributed by atoms with Gasteiger partial charge in [-0.1, -0.05) is 31.2 Å². The zero-order valence-corrected chi connectivity index (χ0v) is 17.9. The van der Waals surface area contributed by atoms with Crippen LogP contribution in [0, 0.1) is 31.6 Å². The van der Waals surface area contributed by atoms with Crippen LogP contribution in [-0.4, -0.2) is 15.8 Å². The Kier molecular flexibility index (Phi) is 7.31. The molecule has 170 valence electrons. The molecular formula is C24H18N4O6. The van der Waals surface area contributed by atoms with Crippen LogP contribution in [0.5, 0.6) is 11.5 Å². The van der Waals surface area contributed by atoms with E-state index >= 15 is 0 Å². The first-order valence-electron chi connectivity index (χ1n) is 10.0. The molecule has 0 aliphatic heterocycles. The molecule has 1 amide bonds. The molecule has 10 heteroatoms. The van der Waals surface area contributed by atoms with Crippen LogP contribution < -0.4 is 10.1 Å². The SMILES string of the molecule is CCc1ccc(NC(=O)/C(C#N)=C/c2ccc(Oc3ccc([N+](=O)[O-])cc3[N+](=O)[O-])cc2)cc1. The van der Waals surface area contributed by atoms with Crippen LogP contribution in [-0.2, 0) is 11.2 Å². The monoisotopic (exact) mass is 458 g/mol. The van der Waals surface area contributed by atoms with Crippen LogP contribution in [0.25, 0.3) is 6.08 Å². The Hall–Kier alpha value is -5.04. The van der Waals surface area contributed by atoms with E-state index in [0.717, 1.165) is 30.2 Å². The first-order chi connectivity index (χ1) is 16.3. The summed E-state index contributed by atoms with van der Waals surface area (Å²) in [5.74, 6) is -0.494. The molecular weight excluding hydrogens is 440 g/mol. The lowest BCUT2D eigenvalue weighted by molar-refractivity contribution is -0.394. The first kappa shape index (κ1) is 23.6. The normalized spacial score (nSPS) is 10.8. The van der Waals surface area contributed by atoms with E-state index in [4.69, 9.17) is 4.74 Å². The Morgan fingerprint density at radius 1 is 1.03 bits per heavy atom. The number of rotatable bonds is 8. The van der Waals surface area contributed by atoms with E-state index in [9.17, 15) is 30.3 Å². The van der Waals surface area contributed by atoms with Gasteiger partial charge in [0, 0.05) is 11.8 Å². The van der Waals surface area contributed by atoms with Crippen LogP contribution in [0.1, 0.15) is 18.1 Å². The second-order valence-corrected chi connectivity index (χ2v) is 7.01. The van der Waals surface area contributed by atoms with Gasteiger partial charge in [0.15, 0.2) is 0 Å². The van der Waals surface area contributed by atoms with Crippen LogP contribution in [0.3, 0.4) is 0 Å². The van der Waals surface area contributed by atoms with Crippen molar-refractivity contribution in [3.8, 4) is 17.6 Å². The van der Waals surface area contributed by atoms with Crippen LogP contribution >= 0.6 is 0 Å². The molecule has 10 nitrogen and oxygen atoms in total. The molecule has 0 fully saturated rings. The minimum atomic E-state index is -0.771. The average Bonchev–Trinajstić information content (AvgIpc) is 2.83. The molecule has 3 aromatic rings. The number of nitrogens with one attached hydrogen (secondary N) is 1. The van der Waals surface area contributed by atoms with E-state index in [-0.39, 0.29) is 17.1 Å². The predicted octanol–water partition coefficient (Wildman–Crippen LogP) is 5.40. The summed E-state index contributed by atoms with van der Waals surface area (Å²) in [4.78, 5) is 33.0. The summed E-state index contributed by atoms with van der Waals surface area (Å²) in [5.41, 5.74) is 1.13. The standard InChI is InChI=1S/C24H18N4O6/c1-2-16-3-7-19(8-4-16)26-24(29)18(15-25)13-17-5-10-21(11-6-17)34-23-12-9-20(27(30)31)14-22(23)28(32)33/h3-14H,2H2,1H3,(H,26,29)/b18-13+. The number of ether oxygens (including phenoxy) is 1. The first-order valence-corrected chi connectivity index (χ1v) is 10.0. The molecule has 3 rings (SSSR count). The maximum absolute atomic E-state index is 12.4. The lowest BCUT2D eigenvalue weighted by Gasteiger charge is -2.07. The molecule has 0 aliphatic carbocycles. The van der Waals surface area contributed by atoms with Gasteiger partial charge in [-0.15, -0.1) is 0 Å². The number of aryl methyl sites for hydroxylation is 1. The van der Waals surface area contributed by atoms with Gasteiger partial charge < -0.3 is 10.1 Å². The van der Waals surface area contributed by atoms with Gasteiger partial charge in [0.25, 0.3) is 11.6 Å². The topological polar surface area (TPSA) is 148 Å². The molecule has 1 N–H and O–H groups in total. The van der Waals surface area contributed by atoms with Gasteiger partial charge in [-0.05, 0) is 54.0 Å². The number of hydrogen-bond acceptors (Lipinski definition) is 7. The molecule has 3 aromatic carbocycles. The third-order valence-corrected chi connectivity index (χ3v) is 4.75. The number of nitro groups is 2. The summed E-state index contributed by atoms with van der Waals surface area (Å²) >= 11 is 0. The summed E-state index contributed by atoms with van der Waals surface area (Å²) in [6.07, 6.45) is 2.27. The Bertz CT molecular complexity index is 1310. The number of anilines is 1. The molecule has 0 saturated heterocycles. The minimum Gasteiger partial charge on any atom is -0.450 e. The van der Waals surface area contributed by atoms with Gasteiger partial charge in [-0.25, -0.2) is 0 Å². The number of nitriles is 1. The number of benzene rings is 3. The lowest BCUT2D eigenvalue weighted by atomic mass is 10.1. The maximum atomic E-state index is 12.4. The number of hydrogen-bond donors (Lipinski definition) is 1. The van der Waals surface area contributed by atoms with Crippen LogP contribution in [0.4, 0.5) is 17.1 Å². The fourth-order valence-corrected chi connectivity index (χ4v) is 2.94. The number of non-ortho nitro benzene ring substituents is 1. The van der Waals surface area contributed by atoms with E-state index in [1.165, 1.54) is 18.2 Å². The molecule has 0 radical (unpaired) electrons. The highest BCUT2D eigenvalue weighted by Gasteiger charge is 2.21. The minimum absolute atomic E-state index is 0.112. The fourth-order valence-electron chi connectivity index (χ4n) is 2.94. The zero-order chi connectivity index (χ0) is 24.7. The van der Waals surface area contributed by atoms with Gasteiger partial charge in [0.2, 0.25) is 5.75 Å². The second kappa shape index (κ2) is 10.5. The van der Waals surface area contributed by atoms with E-state index in [1.807, 2.05) is 25.1 Å². The summed E-state index contributed by atoms with van der Waals surface area (Å²) in [5, 5.41) is 34.2.